The third kappa shape index (κ3) is 5.02. The lowest BCUT2D eigenvalue weighted by molar-refractivity contribution is -0.123. The zero-order chi connectivity index (χ0) is 15.0. The number of benzene rings is 1. The fourth-order valence-electron chi connectivity index (χ4n) is 1.88. The normalized spacial score (nSPS) is 11.9. The van der Waals surface area contributed by atoms with Crippen molar-refractivity contribution >= 4 is 5.91 Å². The van der Waals surface area contributed by atoms with Gasteiger partial charge in [-0.25, -0.2) is 0 Å². The van der Waals surface area contributed by atoms with Crippen LogP contribution in [0, 0.1) is 11.3 Å². The third-order valence-corrected chi connectivity index (χ3v) is 3.42. The fraction of sp³-hybridized carbons (Fsp3) is 0.500. The van der Waals surface area contributed by atoms with Gasteiger partial charge in [-0.05, 0) is 37.5 Å². The fourth-order valence-corrected chi connectivity index (χ4v) is 1.88. The zero-order valence-corrected chi connectivity index (χ0v) is 12.4. The van der Waals surface area contributed by atoms with Gasteiger partial charge in [0.15, 0.2) is 0 Å². The van der Waals surface area contributed by atoms with E-state index in [1.807, 2.05) is 19.1 Å². The quantitative estimate of drug-likeness (QED) is 0.801. The first-order valence-corrected chi connectivity index (χ1v) is 7.13. The largest absolute Gasteiger partial charge is 0.352 e. The first-order valence-electron chi connectivity index (χ1n) is 7.13. The maximum atomic E-state index is 12.0. The lowest BCUT2D eigenvalue weighted by Gasteiger charge is -2.19. The summed E-state index contributed by atoms with van der Waals surface area (Å²) in [6.45, 7) is 6.62. The number of rotatable bonds is 7. The van der Waals surface area contributed by atoms with Crippen LogP contribution in [0.15, 0.2) is 24.3 Å². The van der Waals surface area contributed by atoms with Gasteiger partial charge in [0.2, 0.25) is 5.91 Å². The molecule has 0 saturated heterocycles. The highest BCUT2D eigenvalue weighted by Gasteiger charge is 2.14. The van der Waals surface area contributed by atoms with Gasteiger partial charge in [0, 0.05) is 12.6 Å². The number of nitrogens with zero attached hydrogens (tertiary/aromatic N) is 1. The van der Waals surface area contributed by atoms with Crippen molar-refractivity contribution in [3.05, 3.63) is 35.4 Å². The number of carbonyl (C=O) groups excluding carboxylic acids is 1. The monoisotopic (exact) mass is 273 g/mol. The van der Waals surface area contributed by atoms with Crippen LogP contribution in [0.25, 0.3) is 0 Å². The van der Waals surface area contributed by atoms with Crippen LogP contribution < -0.4 is 10.6 Å². The van der Waals surface area contributed by atoms with Crippen LogP contribution in [0.1, 0.15) is 44.7 Å². The smallest absolute Gasteiger partial charge is 0.237 e. The van der Waals surface area contributed by atoms with Gasteiger partial charge in [-0.3, -0.25) is 4.79 Å². The number of nitrogens with one attached hydrogen (secondary N) is 2. The summed E-state index contributed by atoms with van der Waals surface area (Å²) >= 11 is 0. The van der Waals surface area contributed by atoms with Crippen LogP contribution in [0.2, 0.25) is 0 Å². The summed E-state index contributed by atoms with van der Waals surface area (Å²) in [7, 11) is 0. The predicted molar refractivity (Wildman–Crippen MR) is 80.0 cm³/mol. The highest BCUT2D eigenvalue weighted by molar-refractivity contribution is 5.81. The van der Waals surface area contributed by atoms with Crippen molar-refractivity contribution in [1.29, 1.82) is 5.26 Å². The topological polar surface area (TPSA) is 64.9 Å². The molecule has 20 heavy (non-hydrogen) atoms. The molecule has 0 heterocycles. The van der Waals surface area contributed by atoms with Gasteiger partial charge in [0.05, 0.1) is 17.7 Å². The number of carbonyl (C=O) groups is 1. The van der Waals surface area contributed by atoms with Gasteiger partial charge in [0.1, 0.15) is 0 Å². The molecule has 0 aromatic heterocycles. The molecule has 1 aromatic carbocycles. The van der Waals surface area contributed by atoms with Crippen LogP contribution in [-0.4, -0.2) is 18.0 Å². The maximum absolute atomic E-state index is 12.0. The third-order valence-electron chi connectivity index (χ3n) is 3.42. The predicted octanol–water partition coefficient (Wildman–Crippen LogP) is 2.34. The van der Waals surface area contributed by atoms with E-state index in [9.17, 15) is 4.79 Å². The number of nitriles is 1. The summed E-state index contributed by atoms with van der Waals surface area (Å²) < 4.78 is 0. The van der Waals surface area contributed by atoms with Crippen molar-refractivity contribution in [1.82, 2.24) is 10.6 Å². The van der Waals surface area contributed by atoms with Gasteiger partial charge in [-0.1, -0.05) is 26.0 Å². The summed E-state index contributed by atoms with van der Waals surface area (Å²) in [6, 6.07) is 9.48. The van der Waals surface area contributed by atoms with Crippen LogP contribution in [0.4, 0.5) is 0 Å². The molecule has 0 aliphatic rings. The molecule has 0 saturated carbocycles. The lowest BCUT2D eigenvalue weighted by atomic mass is 10.1. The van der Waals surface area contributed by atoms with Crippen molar-refractivity contribution in [2.75, 3.05) is 0 Å². The summed E-state index contributed by atoms with van der Waals surface area (Å²) in [4.78, 5) is 12.0. The van der Waals surface area contributed by atoms with E-state index in [1.54, 1.807) is 12.1 Å². The van der Waals surface area contributed by atoms with Gasteiger partial charge in [0.25, 0.3) is 0 Å². The lowest BCUT2D eigenvalue weighted by Crippen LogP contribution is -2.45. The minimum absolute atomic E-state index is 0.0346. The van der Waals surface area contributed by atoms with Crippen LogP contribution in [0.5, 0.6) is 0 Å². The van der Waals surface area contributed by atoms with Gasteiger partial charge in [-0.15, -0.1) is 0 Å². The van der Waals surface area contributed by atoms with Gasteiger partial charge < -0.3 is 10.6 Å². The molecular weight excluding hydrogens is 250 g/mol. The zero-order valence-electron chi connectivity index (χ0n) is 12.4. The molecule has 1 aromatic rings. The average molecular weight is 273 g/mol. The van der Waals surface area contributed by atoms with Crippen molar-refractivity contribution in [3.63, 3.8) is 0 Å². The molecular formula is C16H23N3O. The standard InChI is InChI=1S/C16H23N3O/c1-4-15(5-2)19-16(20)12(3)18-11-14-8-6-13(10-17)7-9-14/h6-9,12,15,18H,4-5,11H2,1-3H3,(H,19,20). The van der Waals surface area contributed by atoms with E-state index in [-0.39, 0.29) is 18.0 Å². The molecule has 0 bridgehead atoms. The maximum Gasteiger partial charge on any atom is 0.237 e. The molecule has 108 valence electrons. The SMILES string of the molecule is CCC(CC)NC(=O)C(C)NCc1ccc(C#N)cc1. The van der Waals surface area contributed by atoms with Crippen LogP contribution >= 0.6 is 0 Å². The first kappa shape index (κ1) is 16.2. The Labute approximate surface area is 121 Å². The molecule has 0 radical (unpaired) electrons. The molecule has 1 unspecified atom stereocenters. The second-order valence-corrected chi connectivity index (χ2v) is 4.93. The summed E-state index contributed by atoms with van der Waals surface area (Å²) in [5, 5.41) is 15.0. The van der Waals surface area contributed by atoms with Crippen LogP contribution in [-0.2, 0) is 11.3 Å². The van der Waals surface area contributed by atoms with Gasteiger partial charge >= 0.3 is 0 Å². The van der Waals surface area contributed by atoms with E-state index in [1.165, 1.54) is 0 Å². The first-order chi connectivity index (χ1) is 9.60. The molecule has 0 aliphatic carbocycles. The Morgan fingerprint density at radius 3 is 2.35 bits per heavy atom. The molecule has 4 nitrogen and oxygen atoms in total. The second-order valence-electron chi connectivity index (χ2n) is 4.93. The average Bonchev–Trinajstić information content (AvgIpc) is 2.50. The Bertz CT molecular complexity index is 458. The number of amides is 1. The van der Waals surface area contributed by atoms with E-state index >= 15 is 0 Å². The van der Waals surface area contributed by atoms with Crippen molar-refractivity contribution < 1.29 is 4.79 Å². The Morgan fingerprint density at radius 2 is 1.85 bits per heavy atom. The number of hydrogen-bond acceptors (Lipinski definition) is 3. The molecule has 0 fully saturated rings. The Balaban J connectivity index is 2.43. The second kappa shape index (κ2) is 8.34. The minimum atomic E-state index is -0.230. The molecule has 4 heteroatoms. The summed E-state index contributed by atoms with van der Waals surface area (Å²) in [5.41, 5.74) is 1.71. The molecule has 2 N–H and O–H groups in total. The van der Waals surface area contributed by atoms with E-state index in [0.29, 0.717) is 12.1 Å². The molecule has 1 amide bonds. The Morgan fingerprint density at radius 1 is 1.25 bits per heavy atom. The van der Waals surface area contributed by atoms with E-state index in [0.717, 1.165) is 18.4 Å². The molecule has 0 aliphatic heterocycles. The molecule has 0 spiro atoms. The molecule has 1 rings (SSSR count). The van der Waals surface area contributed by atoms with E-state index in [2.05, 4.69) is 30.6 Å². The Hall–Kier alpha value is -1.86. The Kier molecular flexibility index (Phi) is 6.75. The minimum Gasteiger partial charge on any atom is -0.352 e. The van der Waals surface area contributed by atoms with Crippen LogP contribution in [0.3, 0.4) is 0 Å². The number of hydrogen-bond donors (Lipinski definition) is 2. The van der Waals surface area contributed by atoms with Crippen molar-refractivity contribution in [2.24, 2.45) is 0 Å². The van der Waals surface area contributed by atoms with E-state index < -0.39 is 0 Å². The molecule has 1 atom stereocenters. The van der Waals surface area contributed by atoms with Gasteiger partial charge in [-0.2, -0.15) is 5.26 Å². The van der Waals surface area contributed by atoms with E-state index in [4.69, 9.17) is 5.26 Å². The highest BCUT2D eigenvalue weighted by atomic mass is 16.2. The summed E-state index contributed by atoms with van der Waals surface area (Å²) in [5.74, 6) is 0.0346. The highest BCUT2D eigenvalue weighted by Crippen LogP contribution is 2.03. The summed E-state index contributed by atoms with van der Waals surface area (Å²) in [6.07, 6.45) is 1.90. The van der Waals surface area contributed by atoms with Crippen molar-refractivity contribution in [2.45, 2.75) is 52.2 Å². The van der Waals surface area contributed by atoms with Crippen molar-refractivity contribution in [3.8, 4) is 6.07 Å².